The second-order valence-corrected chi connectivity index (χ2v) is 7.97. The van der Waals surface area contributed by atoms with E-state index in [0.717, 1.165) is 10.4 Å². The molecule has 1 N–H and O–H groups in total. The fraction of sp³-hybridized carbons (Fsp3) is 1.00. The van der Waals surface area contributed by atoms with Crippen LogP contribution in [0.1, 0.15) is 47.0 Å². The van der Waals surface area contributed by atoms with Crippen molar-refractivity contribution in [2.24, 2.45) is 5.92 Å². The Morgan fingerprint density at radius 1 is 1.00 bits per heavy atom. The number of rotatable bonds is 3. The molecule has 1 heterocycles. The van der Waals surface area contributed by atoms with Crippen LogP contribution in [0.5, 0.6) is 0 Å². The van der Waals surface area contributed by atoms with Crippen molar-refractivity contribution in [3.63, 3.8) is 0 Å². The van der Waals surface area contributed by atoms with Crippen LogP contribution in [0.25, 0.3) is 0 Å². The fourth-order valence-electron chi connectivity index (χ4n) is 3.31. The van der Waals surface area contributed by atoms with Crippen LogP contribution in [0, 0.1) is 5.92 Å². The molecule has 0 atom stereocenters. The van der Waals surface area contributed by atoms with Gasteiger partial charge in [0, 0.05) is 11.1 Å². The lowest BCUT2D eigenvalue weighted by Crippen LogP contribution is -2.58. The predicted octanol–water partition coefficient (Wildman–Crippen LogP) is 2.64. The largest absolute Gasteiger partial charge is 0.331 e. The van der Waals surface area contributed by atoms with Crippen molar-refractivity contribution in [3.05, 3.63) is 0 Å². The van der Waals surface area contributed by atoms with Crippen LogP contribution < -0.4 is 5.32 Å². The lowest BCUT2D eigenvalue weighted by atomic mass is 9.74. The van der Waals surface area contributed by atoms with E-state index in [1.807, 2.05) is 0 Å². The van der Waals surface area contributed by atoms with Gasteiger partial charge in [0.1, 0.15) is 0 Å². The molecule has 1 aliphatic rings. The van der Waals surface area contributed by atoms with E-state index in [4.69, 9.17) is 0 Å². The summed E-state index contributed by atoms with van der Waals surface area (Å²) in [4.78, 5) is 0. The maximum atomic E-state index is 3.75. The maximum absolute atomic E-state index is 3.75. The summed E-state index contributed by atoms with van der Waals surface area (Å²) in [6, 6.07) is 0. The quantitative estimate of drug-likeness (QED) is 0.731. The fourth-order valence-corrected chi connectivity index (χ4v) is 3.31. The van der Waals surface area contributed by atoms with Gasteiger partial charge in [0.05, 0.1) is 27.7 Å². The lowest BCUT2D eigenvalue weighted by Gasteiger charge is -2.47. The van der Waals surface area contributed by atoms with E-state index < -0.39 is 0 Å². The van der Waals surface area contributed by atoms with Gasteiger partial charge in [0.15, 0.2) is 0 Å². The van der Waals surface area contributed by atoms with Crippen LogP contribution in [0.4, 0.5) is 0 Å². The molecule has 0 aromatic carbocycles. The number of quaternary nitrogens is 1. The van der Waals surface area contributed by atoms with Crippen molar-refractivity contribution >= 4 is 0 Å². The van der Waals surface area contributed by atoms with E-state index in [9.17, 15) is 0 Å². The molecule has 96 valence electrons. The molecule has 2 heteroatoms. The second-order valence-electron chi connectivity index (χ2n) is 7.97. The van der Waals surface area contributed by atoms with E-state index in [-0.39, 0.29) is 0 Å². The molecule has 0 aromatic rings. The summed E-state index contributed by atoms with van der Waals surface area (Å²) in [7, 11) is 6.87. The van der Waals surface area contributed by atoms with E-state index >= 15 is 0 Å². The Labute approximate surface area is 102 Å². The minimum absolute atomic E-state index is 0.303. The summed E-state index contributed by atoms with van der Waals surface area (Å²) in [6.07, 6.45) is 3.99. The normalized spacial score (nSPS) is 25.7. The number of piperidine rings is 1. The molecule has 1 aliphatic heterocycles. The second kappa shape index (κ2) is 4.30. The molecule has 1 saturated heterocycles. The predicted molar refractivity (Wildman–Crippen MR) is 71.5 cm³/mol. The standard InChI is InChI=1S/C14H31N2/c1-13(2)10-12(8-9-16(5,6)7)11-14(3,4)15-13/h12,15H,8-11H2,1-7H3/q+1. The smallest absolute Gasteiger partial charge is 0.0783 e. The Morgan fingerprint density at radius 2 is 1.44 bits per heavy atom. The summed E-state index contributed by atoms with van der Waals surface area (Å²) < 4.78 is 1.09. The summed E-state index contributed by atoms with van der Waals surface area (Å²) >= 11 is 0. The molecule has 0 unspecified atom stereocenters. The average Bonchev–Trinajstić information content (AvgIpc) is 1.93. The molecule has 0 aromatic heterocycles. The van der Waals surface area contributed by atoms with Crippen LogP contribution in [0.2, 0.25) is 0 Å². The first-order valence-corrected chi connectivity index (χ1v) is 6.59. The van der Waals surface area contributed by atoms with Gasteiger partial charge in [-0.25, -0.2) is 0 Å². The van der Waals surface area contributed by atoms with Gasteiger partial charge < -0.3 is 9.80 Å². The molecule has 0 amide bonds. The van der Waals surface area contributed by atoms with Crippen molar-refractivity contribution in [2.45, 2.75) is 58.0 Å². The van der Waals surface area contributed by atoms with Gasteiger partial charge in [-0.1, -0.05) is 0 Å². The Balaban J connectivity index is 2.55. The molecule has 0 spiro atoms. The van der Waals surface area contributed by atoms with Crippen molar-refractivity contribution in [1.29, 1.82) is 0 Å². The topological polar surface area (TPSA) is 12.0 Å². The number of hydrogen-bond donors (Lipinski definition) is 1. The Hall–Kier alpha value is -0.0800. The van der Waals surface area contributed by atoms with Crippen LogP contribution in [-0.4, -0.2) is 43.2 Å². The molecule has 0 bridgehead atoms. The third-order valence-corrected chi connectivity index (χ3v) is 3.48. The average molecular weight is 227 g/mol. The zero-order valence-corrected chi connectivity index (χ0v) is 12.4. The van der Waals surface area contributed by atoms with Crippen LogP contribution in [0.3, 0.4) is 0 Å². The first-order chi connectivity index (χ1) is 6.99. The van der Waals surface area contributed by atoms with Gasteiger partial charge in [0.2, 0.25) is 0 Å². The first kappa shape index (κ1) is 14.0. The van der Waals surface area contributed by atoms with E-state index in [1.165, 1.54) is 25.8 Å². The summed E-state index contributed by atoms with van der Waals surface area (Å²) in [5.41, 5.74) is 0.606. The highest BCUT2D eigenvalue weighted by Gasteiger charge is 2.37. The van der Waals surface area contributed by atoms with Gasteiger partial charge in [-0.15, -0.1) is 0 Å². The molecule has 0 radical (unpaired) electrons. The highest BCUT2D eigenvalue weighted by molar-refractivity contribution is 4.96. The zero-order chi connectivity index (χ0) is 12.6. The molecule has 0 aliphatic carbocycles. The van der Waals surface area contributed by atoms with Crippen LogP contribution in [-0.2, 0) is 0 Å². The van der Waals surface area contributed by atoms with Crippen LogP contribution >= 0.6 is 0 Å². The monoisotopic (exact) mass is 227 g/mol. The third kappa shape index (κ3) is 4.84. The number of hydrogen-bond acceptors (Lipinski definition) is 1. The Kier molecular flexibility index (Phi) is 3.76. The Morgan fingerprint density at radius 3 is 1.81 bits per heavy atom. The van der Waals surface area contributed by atoms with Gasteiger partial charge >= 0.3 is 0 Å². The highest BCUT2D eigenvalue weighted by Crippen LogP contribution is 2.34. The zero-order valence-electron chi connectivity index (χ0n) is 12.4. The molecular weight excluding hydrogens is 196 g/mol. The minimum Gasteiger partial charge on any atom is -0.331 e. The third-order valence-electron chi connectivity index (χ3n) is 3.48. The van der Waals surface area contributed by atoms with Crippen LogP contribution in [0.15, 0.2) is 0 Å². The minimum atomic E-state index is 0.303. The van der Waals surface area contributed by atoms with Crippen molar-refractivity contribution in [3.8, 4) is 0 Å². The summed E-state index contributed by atoms with van der Waals surface area (Å²) in [5, 5.41) is 3.75. The van der Waals surface area contributed by atoms with Gasteiger partial charge in [-0.3, -0.25) is 0 Å². The van der Waals surface area contributed by atoms with Gasteiger partial charge in [-0.2, -0.15) is 0 Å². The maximum Gasteiger partial charge on any atom is 0.0783 e. The molecule has 2 nitrogen and oxygen atoms in total. The SMILES string of the molecule is CC1(C)CC(CC[N+](C)(C)C)CC(C)(C)N1. The molecule has 0 saturated carbocycles. The van der Waals surface area contributed by atoms with E-state index in [0.29, 0.717) is 11.1 Å². The van der Waals surface area contributed by atoms with Crippen molar-refractivity contribution in [1.82, 2.24) is 5.32 Å². The highest BCUT2D eigenvalue weighted by atomic mass is 15.3. The van der Waals surface area contributed by atoms with Gasteiger partial charge in [0.25, 0.3) is 0 Å². The molecular formula is C14H31N2+. The van der Waals surface area contributed by atoms with E-state index in [2.05, 4.69) is 54.2 Å². The van der Waals surface area contributed by atoms with E-state index in [1.54, 1.807) is 0 Å². The number of nitrogens with zero attached hydrogens (tertiary/aromatic N) is 1. The molecule has 16 heavy (non-hydrogen) atoms. The van der Waals surface area contributed by atoms with Gasteiger partial charge in [-0.05, 0) is 52.9 Å². The summed E-state index contributed by atoms with van der Waals surface area (Å²) in [6.45, 7) is 10.6. The van der Waals surface area contributed by atoms with Crippen molar-refractivity contribution in [2.75, 3.05) is 27.7 Å². The van der Waals surface area contributed by atoms with Crippen molar-refractivity contribution < 1.29 is 4.48 Å². The summed E-state index contributed by atoms with van der Waals surface area (Å²) in [5.74, 6) is 0.878. The lowest BCUT2D eigenvalue weighted by molar-refractivity contribution is -0.871. The molecule has 1 rings (SSSR count). The number of nitrogens with one attached hydrogen (secondary N) is 1. The Bertz CT molecular complexity index is 220. The first-order valence-electron chi connectivity index (χ1n) is 6.59. The molecule has 1 fully saturated rings.